The zero-order chi connectivity index (χ0) is 13.8. The van der Waals surface area contributed by atoms with E-state index in [2.05, 4.69) is 15.0 Å². The Labute approximate surface area is 122 Å². The lowest BCUT2D eigenvalue weighted by Gasteiger charge is -2.31. The molecule has 2 aromatic heterocycles. The van der Waals surface area contributed by atoms with E-state index in [1.807, 2.05) is 18.4 Å². The summed E-state index contributed by atoms with van der Waals surface area (Å²) in [4.78, 5) is 6.58. The van der Waals surface area contributed by atoms with Crippen LogP contribution in [0.3, 0.4) is 0 Å². The summed E-state index contributed by atoms with van der Waals surface area (Å²) in [5.41, 5.74) is 1.02. The van der Waals surface area contributed by atoms with Crippen LogP contribution in [0.1, 0.15) is 24.3 Å². The first-order valence-electron chi connectivity index (χ1n) is 6.96. The SMILES string of the molecule is Cc1cc(CN2CCCC(COc3nccs3)C2)no1. The van der Waals surface area contributed by atoms with Crippen molar-refractivity contribution in [1.29, 1.82) is 0 Å². The van der Waals surface area contributed by atoms with Gasteiger partial charge in [-0.2, -0.15) is 0 Å². The van der Waals surface area contributed by atoms with Crippen LogP contribution in [0.5, 0.6) is 5.19 Å². The lowest BCUT2D eigenvalue weighted by Crippen LogP contribution is -2.37. The van der Waals surface area contributed by atoms with Gasteiger partial charge in [0, 0.05) is 36.7 Å². The molecule has 0 saturated carbocycles. The Balaban J connectivity index is 1.48. The molecule has 1 saturated heterocycles. The van der Waals surface area contributed by atoms with Gasteiger partial charge in [-0.3, -0.25) is 4.90 Å². The molecule has 0 bridgehead atoms. The second-order valence-electron chi connectivity index (χ2n) is 5.28. The predicted molar refractivity (Wildman–Crippen MR) is 76.9 cm³/mol. The first-order valence-corrected chi connectivity index (χ1v) is 7.84. The number of ether oxygens (including phenoxy) is 1. The first-order chi connectivity index (χ1) is 9.79. The summed E-state index contributed by atoms with van der Waals surface area (Å²) >= 11 is 1.55. The smallest absolute Gasteiger partial charge is 0.273 e. The zero-order valence-electron chi connectivity index (χ0n) is 11.6. The van der Waals surface area contributed by atoms with Crippen LogP contribution in [-0.2, 0) is 6.54 Å². The fourth-order valence-corrected chi connectivity index (χ4v) is 3.12. The molecular weight excluding hydrogens is 274 g/mol. The second-order valence-corrected chi connectivity index (χ2v) is 6.14. The van der Waals surface area contributed by atoms with Crippen LogP contribution in [-0.4, -0.2) is 34.7 Å². The third-order valence-corrected chi connectivity index (χ3v) is 4.20. The maximum Gasteiger partial charge on any atom is 0.273 e. The van der Waals surface area contributed by atoms with Crippen LogP contribution < -0.4 is 4.74 Å². The average molecular weight is 293 g/mol. The van der Waals surface area contributed by atoms with Crippen molar-refractivity contribution in [3.63, 3.8) is 0 Å². The third kappa shape index (κ3) is 3.58. The van der Waals surface area contributed by atoms with Crippen molar-refractivity contribution in [1.82, 2.24) is 15.0 Å². The molecule has 1 aliphatic heterocycles. The Morgan fingerprint density at radius 2 is 2.50 bits per heavy atom. The molecule has 108 valence electrons. The number of aryl methyl sites for hydroxylation is 1. The van der Waals surface area contributed by atoms with Gasteiger partial charge < -0.3 is 9.26 Å². The Morgan fingerprint density at radius 3 is 3.25 bits per heavy atom. The molecule has 0 N–H and O–H groups in total. The summed E-state index contributed by atoms with van der Waals surface area (Å²) in [6.07, 6.45) is 4.21. The number of hydrogen-bond donors (Lipinski definition) is 0. The minimum atomic E-state index is 0.570. The highest BCUT2D eigenvalue weighted by atomic mass is 32.1. The number of nitrogens with zero attached hydrogens (tertiary/aromatic N) is 3. The highest BCUT2D eigenvalue weighted by molar-refractivity contribution is 7.11. The van der Waals surface area contributed by atoms with Gasteiger partial charge in [0.05, 0.1) is 12.3 Å². The molecule has 0 aliphatic carbocycles. The van der Waals surface area contributed by atoms with Crippen LogP contribution in [0, 0.1) is 12.8 Å². The van der Waals surface area contributed by atoms with Crippen LogP contribution >= 0.6 is 11.3 Å². The Kier molecular flexibility index (Phi) is 4.32. The van der Waals surface area contributed by atoms with E-state index < -0.39 is 0 Å². The van der Waals surface area contributed by atoms with E-state index in [-0.39, 0.29) is 0 Å². The van der Waals surface area contributed by atoms with E-state index in [4.69, 9.17) is 9.26 Å². The minimum absolute atomic E-state index is 0.570. The summed E-state index contributed by atoms with van der Waals surface area (Å²) in [7, 11) is 0. The molecule has 20 heavy (non-hydrogen) atoms. The molecule has 0 aromatic carbocycles. The normalized spacial score (nSPS) is 20.1. The third-order valence-electron chi connectivity index (χ3n) is 3.52. The van der Waals surface area contributed by atoms with Gasteiger partial charge >= 0.3 is 0 Å². The summed E-state index contributed by atoms with van der Waals surface area (Å²) in [6.45, 7) is 5.72. The molecule has 3 heterocycles. The van der Waals surface area contributed by atoms with Gasteiger partial charge in [-0.15, -0.1) is 0 Å². The molecule has 3 rings (SSSR count). The molecule has 1 atom stereocenters. The Morgan fingerprint density at radius 1 is 1.55 bits per heavy atom. The molecule has 1 fully saturated rings. The van der Waals surface area contributed by atoms with Gasteiger partial charge in [0.2, 0.25) is 0 Å². The lowest BCUT2D eigenvalue weighted by atomic mass is 9.99. The number of aromatic nitrogens is 2. The zero-order valence-corrected chi connectivity index (χ0v) is 12.4. The summed E-state index contributed by atoms with van der Waals surface area (Å²) in [5.74, 6) is 1.45. The molecule has 0 amide bonds. The van der Waals surface area contributed by atoms with E-state index in [0.29, 0.717) is 5.92 Å². The van der Waals surface area contributed by atoms with E-state index in [1.165, 1.54) is 12.8 Å². The molecule has 1 unspecified atom stereocenters. The van der Waals surface area contributed by atoms with Crippen molar-refractivity contribution in [2.75, 3.05) is 19.7 Å². The molecule has 0 spiro atoms. The summed E-state index contributed by atoms with van der Waals surface area (Å²) < 4.78 is 10.9. The van der Waals surface area contributed by atoms with Crippen molar-refractivity contribution in [3.05, 3.63) is 29.1 Å². The van der Waals surface area contributed by atoms with Crippen molar-refractivity contribution in [3.8, 4) is 5.19 Å². The molecule has 5 nitrogen and oxygen atoms in total. The Bertz CT molecular complexity index is 526. The topological polar surface area (TPSA) is 51.4 Å². The highest BCUT2D eigenvalue weighted by Crippen LogP contribution is 2.21. The fraction of sp³-hybridized carbons (Fsp3) is 0.571. The fourth-order valence-electron chi connectivity index (χ4n) is 2.62. The van der Waals surface area contributed by atoms with E-state index in [1.54, 1.807) is 17.5 Å². The van der Waals surface area contributed by atoms with Gasteiger partial charge in [0.1, 0.15) is 5.76 Å². The maximum absolute atomic E-state index is 5.73. The number of hydrogen-bond acceptors (Lipinski definition) is 6. The monoisotopic (exact) mass is 293 g/mol. The number of likely N-dealkylation sites (tertiary alicyclic amines) is 1. The van der Waals surface area contributed by atoms with Crippen LogP contribution in [0.25, 0.3) is 0 Å². The van der Waals surface area contributed by atoms with Crippen molar-refractivity contribution >= 4 is 11.3 Å². The quantitative estimate of drug-likeness (QED) is 0.848. The standard InChI is InChI=1S/C14H19N3O2S/c1-11-7-13(16-19-11)9-17-5-2-3-12(8-17)10-18-14-15-4-6-20-14/h4,6-7,12H,2-3,5,8-10H2,1H3. The van der Waals surface area contributed by atoms with Gasteiger partial charge in [0.25, 0.3) is 5.19 Å². The van der Waals surface area contributed by atoms with Crippen LogP contribution in [0.15, 0.2) is 22.2 Å². The van der Waals surface area contributed by atoms with Crippen molar-refractivity contribution in [2.45, 2.75) is 26.3 Å². The van der Waals surface area contributed by atoms with E-state index >= 15 is 0 Å². The molecule has 1 aliphatic rings. The number of thiazole rings is 1. The Hall–Kier alpha value is -1.40. The van der Waals surface area contributed by atoms with Crippen LogP contribution in [0.4, 0.5) is 0 Å². The highest BCUT2D eigenvalue weighted by Gasteiger charge is 2.21. The average Bonchev–Trinajstić information content (AvgIpc) is 3.09. The van der Waals surface area contributed by atoms with Crippen molar-refractivity contribution in [2.24, 2.45) is 5.92 Å². The van der Waals surface area contributed by atoms with E-state index in [9.17, 15) is 0 Å². The predicted octanol–water partition coefficient (Wildman–Crippen LogP) is 2.73. The lowest BCUT2D eigenvalue weighted by molar-refractivity contribution is 0.123. The van der Waals surface area contributed by atoms with Crippen molar-refractivity contribution < 1.29 is 9.26 Å². The van der Waals surface area contributed by atoms with Gasteiger partial charge in [-0.1, -0.05) is 16.5 Å². The van der Waals surface area contributed by atoms with E-state index in [0.717, 1.165) is 42.9 Å². The second kappa shape index (κ2) is 6.37. The van der Waals surface area contributed by atoms with Crippen LogP contribution in [0.2, 0.25) is 0 Å². The number of piperidine rings is 1. The minimum Gasteiger partial charge on any atom is -0.470 e. The van der Waals surface area contributed by atoms with Gasteiger partial charge in [-0.25, -0.2) is 4.98 Å². The van der Waals surface area contributed by atoms with Gasteiger partial charge in [-0.05, 0) is 26.3 Å². The largest absolute Gasteiger partial charge is 0.470 e. The number of rotatable bonds is 5. The molecular formula is C14H19N3O2S. The van der Waals surface area contributed by atoms with Gasteiger partial charge in [0.15, 0.2) is 0 Å². The summed E-state index contributed by atoms with van der Waals surface area (Å²) in [5, 5.41) is 6.78. The first kappa shape index (κ1) is 13.6. The summed E-state index contributed by atoms with van der Waals surface area (Å²) in [6, 6.07) is 2.01. The molecule has 0 radical (unpaired) electrons. The maximum atomic E-state index is 5.73. The molecule has 2 aromatic rings. The molecule has 6 heteroatoms.